The average Bonchev–Trinajstić information content (AvgIpc) is 2.88. The summed E-state index contributed by atoms with van der Waals surface area (Å²) in [6.45, 7) is 3.20. The number of hydrogen-bond donors (Lipinski definition) is 2. The van der Waals surface area contributed by atoms with Gasteiger partial charge in [0.25, 0.3) is 0 Å². The minimum absolute atomic E-state index is 0.117. The Morgan fingerprint density at radius 2 is 2.43 bits per heavy atom. The lowest BCUT2D eigenvalue weighted by molar-refractivity contribution is -0.123. The fourth-order valence-electron chi connectivity index (χ4n) is 2.30. The molecule has 2 N–H and O–H groups in total. The largest absolute Gasteiger partial charge is 0.497 e. The minimum atomic E-state index is -0.347. The van der Waals surface area contributed by atoms with E-state index in [4.69, 9.17) is 9.47 Å². The van der Waals surface area contributed by atoms with Gasteiger partial charge in [-0.25, -0.2) is 4.98 Å². The van der Waals surface area contributed by atoms with E-state index in [1.54, 1.807) is 7.11 Å². The van der Waals surface area contributed by atoms with Crippen molar-refractivity contribution in [2.45, 2.75) is 19.1 Å². The number of methoxy groups -OCH3 is 1. The molecule has 21 heavy (non-hydrogen) atoms. The van der Waals surface area contributed by atoms with Crippen molar-refractivity contribution in [3.8, 4) is 5.75 Å². The predicted molar refractivity (Wildman–Crippen MR) is 82.0 cm³/mol. The number of fused-ring (bicyclic) bond motifs is 1. The molecular weight excluding hydrogens is 290 g/mol. The molecule has 2 aromatic rings. The number of carbonyl (C=O) groups excluding carboxylic acids is 1. The molecule has 1 aromatic carbocycles. The summed E-state index contributed by atoms with van der Waals surface area (Å²) in [6, 6.07) is 5.30. The van der Waals surface area contributed by atoms with Crippen molar-refractivity contribution in [2.24, 2.45) is 0 Å². The normalized spacial score (nSPS) is 22.2. The van der Waals surface area contributed by atoms with Crippen LogP contribution in [-0.4, -0.2) is 43.3 Å². The number of thiazole rings is 1. The van der Waals surface area contributed by atoms with Gasteiger partial charge in [-0.05, 0) is 25.1 Å². The Morgan fingerprint density at radius 3 is 3.19 bits per heavy atom. The molecule has 0 aliphatic carbocycles. The van der Waals surface area contributed by atoms with E-state index in [1.807, 2.05) is 25.1 Å². The SMILES string of the molecule is COc1ccc2nc(NC(=O)[C@H]3NCCO[C@@H]3C)sc2c1. The van der Waals surface area contributed by atoms with Gasteiger partial charge in [-0.15, -0.1) is 0 Å². The molecule has 1 amide bonds. The number of ether oxygens (including phenoxy) is 2. The molecule has 0 bridgehead atoms. The summed E-state index contributed by atoms with van der Waals surface area (Å²) in [5, 5.41) is 6.60. The van der Waals surface area contributed by atoms with E-state index < -0.39 is 0 Å². The quantitative estimate of drug-likeness (QED) is 0.901. The van der Waals surface area contributed by atoms with Crippen LogP contribution in [0.4, 0.5) is 5.13 Å². The van der Waals surface area contributed by atoms with Crippen LogP contribution in [0.2, 0.25) is 0 Å². The predicted octanol–water partition coefficient (Wildman–Crippen LogP) is 1.62. The van der Waals surface area contributed by atoms with Gasteiger partial charge in [0, 0.05) is 6.54 Å². The Morgan fingerprint density at radius 1 is 1.57 bits per heavy atom. The van der Waals surface area contributed by atoms with Crippen molar-refractivity contribution in [3.63, 3.8) is 0 Å². The molecule has 1 aliphatic rings. The van der Waals surface area contributed by atoms with Crippen molar-refractivity contribution in [1.29, 1.82) is 0 Å². The highest BCUT2D eigenvalue weighted by atomic mass is 32.1. The summed E-state index contributed by atoms with van der Waals surface area (Å²) in [4.78, 5) is 16.7. The second-order valence-corrected chi connectivity index (χ2v) is 5.88. The van der Waals surface area contributed by atoms with Crippen LogP contribution in [0.1, 0.15) is 6.92 Å². The van der Waals surface area contributed by atoms with E-state index in [1.165, 1.54) is 11.3 Å². The third kappa shape index (κ3) is 2.99. The lowest BCUT2D eigenvalue weighted by atomic mass is 10.1. The Balaban J connectivity index is 1.76. The Hall–Kier alpha value is -1.70. The van der Waals surface area contributed by atoms with Crippen LogP contribution in [0.5, 0.6) is 5.75 Å². The van der Waals surface area contributed by atoms with Crippen molar-refractivity contribution in [3.05, 3.63) is 18.2 Å². The van der Waals surface area contributed by atoms with Gasteiger partial charge in [-0.1, -0.05) is 11.3 Å². The molecule has 2 heterocycles. The van der Waals surface area contributed by atoms with E-state index in [-0.39, 0.29) is 18.1 Å². The van der Waals surface area contributed by atoms with Crippen LogP contribution in [0.15, 0.2) is 18.2 Å². The first kappa shape index (κ1) is 14.2. The molecule has 112 valence electrons. The highest BCUT2D eigenvalue weighted by molar-refractivity contribution is 7.22. The van der Waals surface area contributed by atoms with Crippen LogP contribution < -0.4 is 15.4 Å². The number of anilines is 1. The number of nitrogens with zero attached hydrogens (tertiary/aromatic N) is 1. The van der Waals surface area contributed by atoms with Crippen LogP contribution in [0.25, 0.3) is 10.2 Å². The molecule has 0 radical (unpaired) electrons. The van der Waals surface area contributed by atoms with E-state index in [0.717, 1.165) is 16.0 Å². The number of hydrogen-bond acceptors (Lipinski definition) is 6. The molecule has 2 atom stereocenters. The summed E-state index contributed by atoms with van der Waals surface area (Å²) in [7, 11) is 1.63. The number of amides is 1. The molecular formula is C14H17N3O3S. The van der Waals surface area contributed by atoms with Crippen molar-refractivity contribution in [2.75, 3.05) is 25.6 Å². The molecule has 7 heteroatoms. The van der Waals surface area contributed by atoms with Gasteiger partial charge in [0.05, 0.1) is 30.0 Å². The lowest BCUT2D eigenvalue weighted by Gasteiger charge is -2.28. The van der Waals surface area contributed by atoms with Crippen molar-refractivity contribution in [1.82, 2.24) is 10.3 Å². The van der Waals surface area contributed by atoms with E-state index >= 15 is 0 Å². The lowest BCUT2D eigenvalue weighted by Crippen LogP contribution is -2.53. The van der Waals surface area contributed by atoms with Gasteiger partial charge < -0.3 is 20.1 Å². The average molecular weight is 307 g/mol. The summed E-state index contributed by atoms with van der Waals surface area (Å²) in [5.74, 6) is 0.660. The molecule has 1 fully saturated rings. The molecule has 0 saturated carbocycles. The fourth-order valence-corrected chi connectivity index (χ4v) is 3.19. The van der Waals surface area contributed by atoms with E-state index in [2.05, 4.69) is 15.6 Å². The van der Waals surface area contributed by atoms with Crippen LogP contribution >= 0.6 is 11.3 Å². The third-order valence-corrected chi connectivity index (χ3v) is 4.36. The number of nitrogens with one attached hydrogen (secondary N) is 2. The third-order valence-electron chi connectivity index (χ3n) is 3.42. The zero-order chi connectivity index (χ0) is 14.8. The van der Waals surface area contributed by atoms with E-state index in [0.29, 0.717) is 18.3 Å². The minimum Gasteiger partial charge on any atom is -0.497 e. The highest BCUT2D eigenvalue weighted by Gasteiger charge is 2.28. The Bertz CT molecular complexity index is 658. The van der Waals surface area contributed by atoms with Gasteiger partial charge in [-0.3, -0.25) is 4.79 Å². The fraction of sp³-hybridized carbons (Fsp3) is 0.429. The van der Waals surface area contributed by atoms with Crippen molar-refractivity contribution >= 4 is 32.6 Å². The van der Waals surface area contributed by atoms with Gasteiger partial charge in [0.2, 0.25) is 5.91 Å². The van der Waals surface area contributed by atoms with Gasteiger partial charge in [-0.2, -0.15) is 0 Å². The molecule has 1 aliphatic heterocycles. The van der Waals surface area contributed by atoms with Crippen LogP contribution in [-0.2, 0) is 9.53 Å². The maximum Gasteiger partial charge on any atom is 0.245 e. The zero-order valence-corrected chi connectivity index (χ0v) is 12.7. The molecule has 1 aromatic heterocycles. The zero-order valence-electron chi connectivity index (χ0n) is 11.9. The molecule has 1 saturated heterocycles. The maximum atomic E-state index is 12.3. The Kier molecular flexibility index (Phi) is 4.05. The summed E-state index contributed by atoms with van der Waals surface area (Å²) in [6.07, 6.45) is -0.145. The summed E-state index contributed by atoms with van der Waals surface area (Å²) in [5.41, 5.74) is 0.844. The highest BCUT2D eigenvalue weighted by Crippen LogP contribution is 2.29. The van der Waals surface area contributed by atoms with Gasteiger partial charge in [0.15, 0.2) is 5.13 Å². The molecule has 0 spiro atoms. The van der Waals surface area contributed by atoms with Crippen LogP contribution in [0, 0.1) is 0 Å². The maximum absolute atomic E-state index is 12.3. The monoisotopic (exact) mass is 307 g/mol. The number of morpholine rings is 1. The summed E-state index contributed by atoms with van der Waals surface area (Å²) < 4.78 is 11.6. The number of benzene rings is 1. The number of rotatable bonds is 3. The first-order valence-electron chi connectivity index (χ1n) is 6.78. The van der Waals surface area contributed by atoms with Crippen LogP contribution in [0.3, 0.4) is 0 Å². The number of aromatic nitrogens is 1. The number of carbonyl (C=O) groups is 1. The van der Waals surface area contributed by atoms with Crippen molar-refractivity contribution < 1.29 is 14.3 Å². The smallest absolute Gasteiger partial charge is 0.245 e. The topological polar surface area (TPSA) is 72.5 Å². The first-order valence-corrected chi connectivity index (χ1v) is 7.59. The molecule has 0 unspecified atom stereocenters. The first-order chi connectivity index (χ1) is 10.2. The molecule has 3 rings (SSSR count). The Labute approximate surface area is 126 Å². The second kappa shape index (κ2) is 5.97. The van der Waals surface area contributed by atoms with E-state index in [9.17, 15) is 4.79 Å². The standard InChI is InChI=1S/C14H17N3O3S/c1-8-12(15-5-6-20-8)13(18)17-14-16-10-4-3-9(19-2)7-11(10)21-14/h3-4,7-8,12,15H,5-6H2,1-2H3,(H,16,17,18)/t8-,12+/m1/s1. The van der Waals surface area contributed by atoms with Gasteiger partial charge in [0.1, 0.15) is 11.8 Å². The van der Waals surface area contributed by atoms with Gasteiger partial charge >= 0.3 is 0 Å². The second-order valence-electron chi connectivity index (χ2n) is 4.85. The summed E-state index contributed by atoms with van der Waals surface area (Å²) >= 11 is 1.43. The molecule has 6 nitrogen and oxygen atoms in total.